The molecule has 0 bridgehead atoms. The van der Waals surface area contributed by atoms with Gasteiger partial charge in [-0.15, -0.1) is 0 Å². The van der Waals surface area contributed by atoms with Crippen molar-refractivity contribution in [3.63, 3.8) is 0 Å². The quantitative estimate of drug-likeness (QED) is 0.828. The molecule has 28 heavy (non-hydrogen) atoms. The number of benzene rings is 2. The van der Waals surface area contributed by atoms with E-state index in [1.54, 1.807) is 41.3 Å². The number of rotatable bonds is 4. The van der Waals surface area contributed by atoms with Crippen LogP contribution in [0.15, 0.2) is 42.5 Å². The molecule has 0 aliphatic carbocycles. The average Bonchev–Trinajstić information content (AvgIpc) is 3.20. The van der Waals surface area contributed by atoms with Gasteiger partial charge in [0.05, 0.1) is 11.1 Å². The van der Waals surface area contributed by atoms with Crippen LogP contribution < -0.4 is 10.2 Å². The second-order valence-corrected chi connectivity index (χ2v) is 6.87. The van der Waals surface area contributed by atoms with Gasteiger partial charge >= 0.3 is 0 Å². The second-order valence-electron chi connectivity index (χ2n) is 6.87. The molecule has 0 unspecified atom stereocenters. The zero-order valence-electron chi connectivity index (χ0n) is 15.4. The summed E-state index contributed by atoms with van der Waals surface area (Å²) in [4.78, 5) is 51.5. The monoisotopic (exact) mass is 377 g/mol. The van der Waals surface area contributed by atoms with Crippen LogP contribution in [0.25, 0.3) is 0 Å². The van der Waals surface area contributed by atoms with Crippen LogP contribution in [0.2, 0.25) is 0 Å². The van der Waals surface area contributed by atoms with Gasteiger partial charge in [-0.25, -0.2) is 0 Å². The summed E-state index contributed by atoms with van der Waals surface area (Å²) in [5.41, 5.74) is 3.20. The third-order valence-electron chi connectivity index (χ3n) is 5.09. The van der Waals surface area contributed by atoms with Crippen LogP contribution in [0.3, 0.4) is 0 Å². The van der Waals surface area contributed by atoms with E-state index in [0.29, 0.717) is 23.4 Å². The standard InChI is InChI=1S/C21H19N3O4/c1-13(25)23-10-8-14-6-7-15(12-18(14)23)22-19(26)9-11-24-20(27)16-4-2-3-5-17(16)21(24)28/h2-7,12H,8-11H2,1H3,(H,22,26). The minimum atomic E-state index is -0.372. The smallest absolute Gasteiger partial charge is 0.261 e. The van der Waals surface area contributed by atoms with E-state index in [1.807, 2.05) is 6.07 Å². The molecule has 2 aliphatic heterocycles. The average molecular weight is 377 g/mol. The van der Waals surface area contributed by atoms with Gasteiger partial charge in [-0.1, -0.05) is 18.2 Å². The van der Waals surface area contributed by atoms with E-state index < -0.39 is 0 Å². The number of nitrogens with zero attached hydrogens (tertiary/aromatic N) is 2. The van der Waals surface area contributed by atoms with E-state index in [-0.39, 0.29) is 36.6 Å². The number of imide groups is 1. The van der Waals surface area contributed by atoms with Gasteiger partial charge in [0.1, 0.15) is 0 Å². The number of anilines is 2. The van der Waals surface area contributed by atoms with Crippen molar-refractivity contribution in [2.24, 2.45) is 0 Å². The van der Waals surface area contributed by atoms with Crippen LogP contribution in [0, 0.1) is 0 Å². The van der Waals surface area contributed by atoms with E-state index in [0.717, 1.165) is 22.6 Å². The summed E-state index contributed by atoms with van der Waals surface area (Å²) in [6.07, 6.45) is 0.794. The molecule has 142 valence electrons. The first-order valence-electron chi connectivity index (χ1n) is 9.12. The van der Waals surface area contributed by atoms with E-state index in [4.69, 9.17) is 0 Å². The molecule has 7 nitrogen and oxygen atoms in total. The number of nitrogens with one attached hydrogen (secondary N) is 1. The van der Waals surface area contributed by atoms with Gasteiger partial charge in [0, 0.05) is 37.8 Å². The van der Waals surface area contributed by atoms with E-state index in [1.165, 1.54) is 6.92 Å². The number of carbonyl (C=O) groups excluding carboxylic acids is 4. The van der Waals surface area contributed by atoms with Gasteiger partial charge in [-0.05, 0) is 36.2 Å². The topological polar surface area (TPSA) is 86.8 Å². The van der Waals surface area contributed by atoms with Crippen molar-refractivity contribution in [3.8, 4) is 0 Å². The van der Waals surface area contributed by atoms with Crippen molar-refractivity contribution >= 4 is 35.0 Å². The second kappa shape index (κ2) is 6.92. The molecular weight excluding hydrogens is 358 g/mol. The molecule has 4 amide bonds. The number of hydrogen-bond acceptors (Lipinski definition) is 4. The highest BCUT2D eigenvalue weighted by Crippen LogP contribution is 2.31. The molecule has 0 radical (unpaired) electrons. The van der Waals surface area contributed by atoms with E-state index in [2.05, 4.69) is 5.32 Å². The van der Waals surface area contributed by atoms with Crippen LogP contribution in [-0.2, 0) is 16.0 Å². The maximum atomic E-state index is 12.3. The van der Waals surface area contributed by atoms with Crippen LogP contribution in [0.4, 0.5) is 11.4 Å². The minimum absolute atomic E-state index is 0.00102. The first kappa shape index (κ1) is 17.9. The molecule has 4 rings (SSSR count). The molecule has 7 heteroatoms. The van der Waals surface area contributed by atoms with Crippen LogP contribution in [0.5, 0.6) is 0 Å². The van der Waals surface area contributed by atoms with Gasteiger partial charge in [-0.3, -0.25) is 24.1 Å². The zero-order chi connectivity index (χ0) is 19.8. The molecule has 0 saturated heterocycles. The fourth-order valence-electron chi connectivity index (χ4n) is 3.66. The molecular formula is C21H19N3O4. The predicted molar refractivity (Wildman–Crippen MR) is 103 cm³/mol. The molecule has 2 aliphatic rings. The highest BCUT2D eigenvalue weighted by Gasteiger charge is 2.35. The normalized spacial score (nSPS) is 14.9. The van der Waals surface area contributed by atoms with Crippen LogP contribution >= 0.6 is 0 Å². The highest BCUT2D eigenvalue weighted by atomic mass is 16.2. The van der Waals surface area contributed by atoms with Gasteiger partial charge in [0.25, 0.3) is 11.8 Å². The fourth-order valence-corrected chi connectivity index (χ4v) is 3.66. The van der Waals surface area contributed by atoms with Crippen LogP contribution in [-0.4, -0.2) is 41.6 Å². The predicted octanol–water partition coefficient (Wildman–Crippen LogP) is 2.22. The lowest BCUT2D eigenvalue weighted by atomic mass is 10.1. The fraction of sp³-hybridized carbons (Fsp3) is 0.238. The molecule has 0 saturated carbocycles. The largest absolute Gasteiger partial charge is 0.326 e. The lowest BCUT2D eigenvalue weighted by molar-refractivity contribution is -0.117. The first-order chi connectivity index (χ1) is 13.5. The minimum Gasteiger partial charge on any atom is -0.326 e. The Labute approximate surface area is 161 Å². The number of fused-ring (bicyclic) bond motifs is 2. The van der Waals surface area contributed by atoms with Crippen molar-refractivity contribution < 1.29 is 19.2 Å². The lowest BCUT2D eigenvalue weighted by Gasteiger charge is -2.16. The Bertz CT molecular complexity index is 979. The van der Waals surface area contributed by atoms with Crippen LogP contribution in [0.1, 0.15) is 39.6 Å². The van der Waals surface area contributed by atoms with Gasteiger partial charge in [0.2, 0.25) is 11.8 Å². The molecule has 2 heterocycles. The van der Waals surface area contributed by atoms with Gasteiger partial charge < -0.3 is 10.2 Å². The summed E-state index contributed by atoms with van der Waals surface area (Å²) in [6.45, 7) is 2.17. The third kappa shape index (κ3) is 3.05. The van der Waals surface area contributed by atoms with Crippen molar-refractivity contribution in [2.45, 2.75) is 19.8 Å². The molecule has 2 aromatic rings. The number of amides is 4. The van der Waals surface area contributed by atoms with Gasteiger partial charge in [0.15, 0.2) is 0 Å². The Hall–Kier alpha value is -3.48. The maximum Gasteiger partial charge on any atom is 0.261 e. The molecule has 0 spiro atoms. The maximum absolute atomic E-state index is 12.3. The Balaban J connectivity index is 1.40. The number of hydrogen-bond donors (Lipinski definition) is 1. The highest BCUT2D eigenvalue weighted by molar-refractivity contribution is 6.21. The summed E-state index contributed by atoms with van der Waals surface area (Å²) in [5.74, 6) is -1.08. The SMILES string of the molecule is CC(=O)N1CCc2ccc(NC(=O)CCN3C(=O)c4ccccc4C3=O)cc21. The summed E-state index contributed by atoms with van der Waals surface area (Å²) in [5, 5.41) is 2.78. The summed E-state index contributed by atoms with van der Waals surface area (Å²) in [6, 6.07) is 12.1. The Morgan fingerprint density at radius 1 is 1.04 bits per heavy atom. The Morgan fingerprint density at radius 2 is 1.71 bits per heavy atom. The number of carbonyl (C=O) groups is 4. The van der Waals surface area contributed by atoms with Gasteiger partial charge in [-0.2, -0.15) is 0 Å². The zero-order valence-corrected chi connectivity index (χ0v) is 15.4. The molecule has 0 atom stereocenters. The lowest BCUT2D eigenvalue weighted by Crippen LogP contribution is -2.32. The summed E-state index contributed by atoms with van der Waals surface area (Å²) >= 11 is 0. The van der Waals surface area contributed by atoms with Crippen molar-refractivity contribution in [2.75, 3.05) is 23.3 Å². The van der Waals surface area contributed by atoms with E-state index >= 15 is 0 Å². The molecule has 0 aromatic heterocycles. The Morgan fingerprint density at radius 3 is 2.36 bits per heavy atom. The van der Waals surface area contributed by atoms with Crippen molar-refractivity contribution in [1.82, 2.24) is 4.90 Å². The third-order valence-corrected chi connectivity index (χ3v) is 5.09. The first-order valence-corrected chi connectivity index (χ1v) is 9.12. The Kier molecular flexibility index (Phi) is 4.43. The molecule has 0 fully saturated rings. The van der Waals surface area contributed by atoms with Crippen molar-refractivity contribution in [3.05, 3.63) is 59.2 Å². The molecule has 1 N–H and O–H groups in total. The summed E-state index contributed by atoms with van der Waals surface area (Å²) in [7, 11) is 0. The summed E-state index contributed by atoms with van der Waals surface area (Å²) < 4.78 is 0. The van der Waals surface area contributed by atoms with E-state index in [9.17, 15) is 19.2 Å². The molecule has 2 aromatic carbocycles. The van der Waals surface area contributed by atoms with Crippen molar-refractivity contribution in [1.29, 1.82) is 0 Å².